The lowest BCUT2D eigenvalue weighted by Gasteiger charge is -2.04. The maximum absolute atomic E-state index is 11.9. The molecule has 1 saturated heterocycles. The van der Waals surface area contributed by atoms with Crippen LogP contribution in [0, 0.1) is 5.92 Å². The summed E-state index contributed by atoms with van der Waals surface area (Å²) in [7, 11) is 0. The molecule has 98 valence electrons. The predicted octanol–water partition coefficient (Wildman–Crippen LogP) is 3.05. The van der Waals surface area contributed by atoms with Crippen LogP contribution < -0.4 is 10.6 Å². The van der Waals surface area contributed by atoms with Crippen LogP contribution in [0.25, 0.3) is 0 Å². The zero-order valence-electron chi connectivity index (χ0n) is 9.96. The van der Waals surface area contributed by atoms with Crippen LogP contribution in [0.3, 0.4) is 0 Å². The van der Waals surface area contributed by atoms with Crippen LogP contribution in [0.1, 0.15) is 24.8 Å². The summed E-state index contributed by atoms with van der Waals surface area (Å²) in [5, 5.41) is 5.87. The van der Waals surface area contributed by atoms with E-state index in [0.29, 0.717) is 18.4 Å². The molecule has 0 bridgehead atoms. The maximum atomic E-state index is 11.9. The van der Waals surface area contributed by atoms with Crippen LogP contribution in [-0.2, 0) is 4.79 Å². The first-order chi connectivity index (χ1) is 8.47. The average Bonchev–Trinajstić information content (AvgIpc) is 2.80. The van der Waals surface area contributed by atoms with Crippen molar-refractivity contribution < 1.29 is 4.79 Å². The number of thiophene rings is 1. The standard InChI is InChI=1S/C11H13Br2N3OS/c1-5(2)4-14-11-15-8(10(17)16-11)7-3-6(12)9(13)18-7/h3,5,8H,4H2,1-2H3,(H2,14,15,16,17). The van der Waals surface area contributed by atoms with E-state index < -0.39 is 0 Å². The van der Waals surface area contributed by atoms with E-state index in [0.717, 1.165) is 13.1 Å². The summed E-state index contributed by atoms with van der Waals surface area (Å²) in [5.41, 5.74) is 0. The first-order valence-corrected chi connectivity index (χ1v) is 7.94. The van der Waals surface area contributed by atoms with Gasteiger partial charge in [0.25, 0.3) is 5.91 Å². The van der Waals surface area contributed by atoms with Crippen LogP contribution in [0.4, 0.5) is 0 Å². The summed E-state index contributed by atoms with van der Waals surface area (Å²) in [4.78, 5) is 17.2. The molecule has 18 heavy (non-hydrogen) atoms. The fourth-order valence-corrected chi connectivity index (χ4v) is 3.63. The van der Waals surface area contributed by atoms with Gasteiger partial charge in [0.1, 0.15) is 6.04 Å². The van der Waals surface area contributed by atoms with E-state index >= 15 is 0 Å². The van der Waals surface area contributed by atoms with Crippen LogP contribution >= 0.6 is 43.2 Å². The molecule has 0 saturated carbocycles. The molecule has 7 heteroatoms. The zero-order chi connectivity index (χ0) is 13.3. The van der Waals surface area contributed by atoms with Crippen LogP contribution in [0.5, 0.6) is 0 Å². The Kier molecular flexibility index (Phi) is 4.45. The van der Waals surface area contributed by atoms with E-state index in [1.807, 2.05) is 6.07 Å². The molecule has 0 spiro atoms. The van der Waals surface area contributed by atoms with E-state index in [4.69, 9.17) is 0 Å². The molecule has 1 aliphatic rings. The van der Waals surface area contributed by atoms with Gasteiger partial charge in [-0.1, -0.05) is 13.8 Å². The second-order valence-corrected chi connectivity index (χ2v) is 7.68. The number of amides is 1. The topological polar surface area (TPSA) is 53.5 Å². The molecule has 1 aromatic heterocycles. The van der Waals surface area contributed by atoms with Crippen LogP contribution in [-0.4, -0.2) is 18.4 Å². The van der Waals surface area contributed by atoms with E-state index in [2.05, 4.69) is 61.3 Å². The molecule has 2 N–H and O–H groups in total. The van der Waals surface area contributed by atoms with Gasteiger partial charge in [-0.2, -0.15) is 0 Å². The Balaban J connectivity index is 2.12. The first kappa shape index (κ1) is 14.0. The van der Waals surface area contributed by atoms with Crippen molar-refractivity contribution in [3.05, 3.63) is 19.2 Å². The van der Waals surface area contributed by atoms with Crippen LogP contribution in [0.2, 0.25) is 0 Å². The Hall–Kier alpha value is -0.400. The average molecular weight is 395 g/mol. The van der Waals surface area contributed by atoms with Crippen molar-refractivity contribution in [3.63, 3.8) is 0 Å². The van der Waals surface area contributed by atoms with E-state index in [-0.39, 0.29) is 11.9 Å². The van der Waals surface area contributed by atoms with Gasteiger partial charge in [0.15, 0.2) is 5.96 Å². The Labute approximate surface area is 127 Å². The second-order valence-electron chi connectivity index (χ2n) is 4.42. The predicted molar refractivity (Wildman–Crippen MR) is 80.9 cm³/mol. The van der Waals surface area contributed by atoms with Gasteiger partial charge >= 0.3 is 0 Å². The van der Waals surface area contributed by atoms with Crippen molar-refractivity contribution >= 4 is 55.1 Å². The number of halogens is 2. The van der Waals surface area contributed by atoms with Crippen molar-refractivity contribution in [2.45, 2.75) is 19.9 Å². The molecule has 1 fully saturated rings. The molecular formula is C11H13Br2N3OS. The SMILES string of the molecule is CC(C)CN=C1NC(=O)C(c2cc(Br)c(Br)s2)N1. The highest BCUT2D eigenvalue weighted by molar-refractivity contribution is 9.13. The van der Waals surface area contributed by atoms with Gasteiger partial charge in [-0.05, 0) is 43.8 Å². The first-order valence-electron chi connectivity index (χ1n) is 5.54. The Morgan fingerprint density at radius 1 is 1.50 bits per heavy atom. The van der Waals surface area contributed by atoms with Gasteiger partial charge < -0.3 is 5.32 Å². The molecular weight excluding hydrogens is 382 g/mol. The fourth-order valence-electron chi connectivity index (χ4n) is 1.49. The van der Waals surface area contributed by atoms with Gasteiger partial charge in [0.2, 0.25) is 0 Å². The number of hydrogen-bond donors (Lipinski definition) is 2. The lowest BCUT2D eigenvalue weighted by Crippen LogP contribution is -2.26. The third kappa shape index (κ3) is 3.13. The highest BCUT2D eigenvalue weighted by Crippen LogP contribution is 2.36. The van der Waals surface area contributed by atoms with Gasteiger partial charge in [-0.25, -0.2) is 0 Å². The summed E-state index contributed by atoms with van der Waals surface area (Å²) in [5.74, 6) is 0.985. The summed E-state index contributed by atoms with van der Waals surface area (Å²) in [6.45, 7) is 4.88. The number of hydrogen-bond acceptors (Lipinski definition) is 3. The fraction of sp³-hybridized carbons (Fsp3) is 0.455. The molecule has 1 atom stereocenters. The highest BCUT2D eigenvalue weighted by Gasteiger charge is 2.31. The van der Waals surface area contributed by atoms with Gasteiger partial charge in [0.05, 0.1) is 3.79 Å². The Bertz CT molecular complexity index is 479. The van der Waals surface area contributed by atoms with Crippen molar-refractivity contribution in [1.82, 2.24) is 10.6 Å². The highest BCUT2D eigenvalue weighted by atomic mass is 79.9. The van der Waals surface area contributed by atoms with Crippen LogP contribution in [0.15, 0.2) is 19.3 Å². The van der Waals surface area contributed by atoms with E-state index in [1.54, 1.807) is 0 Å². The lowest BCUT2D eigenvalue weighted by molar-refractivity contribution is -0.120. The van der Waals surface area contributed by atoms with Crippen molar-refractivity contribution in [1.29, 1.82) is 0 Å². The normalized spacial score (nSPS) is 21.5. The third-order valence-corrected chi connectivity index (χ3v) is 5.67. The zero-order valence-corrected chi connectivity index (χ0v) is 13.9. The summed E-state index contributed by atoms with van der Waals surface area (Å²) >= 11 is 8.38. The van der Waals surface area contributed by atoms with E-state index in [1.165, 1.54) is 11.3 Å². The van der Waals surface area contributed by atoms with Crippen molar-refractivity contribution in [2.24, 2.45) is 10.9 Å². The summed E-state index contributed by atoms with van der Waals surface area (Å²) in [6.07, 6.45) is 0. The molecule has 4 nitrogen and oxygen atoms in total. The molecule has 2 rings (SSSR count). The number of carbonyl (C=O) groups is 1. The minimum absolute atomic E-state index is 0.0567. The maximum Gasteiger partial charge on any atom is 0.254 e. The minimum Gasteiger partial charge on any atom is -0.340 e. The number of guanidine groups is 1. The van der Waals surface area contributed by atoms with Gasteiger partial charge in [-0.3, -0.25) is 15.1 Å². The molecule has 1 amide bonds. The molecule has 0 aromatic carbocycles. The summed E-state index contributed by atoms with van der Waals surface area (Å²) in [6, 6.07) is 1.60. The number of nitrogens with zero attached hydrogens (tertiary/aromatic N) is 1. The molecule has 1 aromatic rings. The molecule has 0 aliphatic carbocycles. The number of carbonyl (C=O) groups excluding carboxylic acids is 1. The Morgan fingerprint density at radius 3 is 2.78 bits per heavy atom. The minimum atomic E-state index is -0.344. The summed E-state index contributed by atoms with van der Waals surface area (Å²) < 4.78 is 1.95. The number of aliphatic imine (C=N–C) groups is 1. The Morgan fingerprint density at radius 2 is 2.22 bits per heavy atom. The largest absolute Gasteiger partial charge is 0.340 e. The second kappa shape index (κ2) is 5.71. The third-order valence-electron chi connectivity index (χ3n) is 2.35. The molecule has 2 heterocycles. The van der Waals surface area contributed by atoms with Gasteiger partial charge in [0, 0.05) is 15.9 Å². The van der Waals surface area contributed by atoms with Crippen molar-refractivity contribution in [2.75, 3.05) is 6.54 Å². The van der Waals surface area contributed by atoms with Crippen molar-refractivity contribution in [3.8, 4) is 0 Å². The number of nitrogens with one attached hydrogen (secondary N) is 2. The molecule has 1 unspecified atom stereocenters. The molecule has 1 aliphatic heterocycles. The lowest BCUT2D eigenvalue weighted by atomic mass is 10.2. The smallest absolute Gasteiger partial charge is 0.254 e. The van der Waals surface area contributed by atoms with Gasteiger partial charge in [-0.15, -0.1) is 11.3 Å². The van der Waals surface area contributed by atoms with E-state index in [9.17, 15) is 4.79 Å². The monoisotopic (exact) mass is 393 g/mol. The number of rotatable bonds is 3. The molecule has 0 radical (unpaired) electrons. The quantitative estimate of drug-likeness (QED) is 0.827.